The van der Waals surface area contributed by atoms with Gasteiger partial charge in [0.15, 0.2) is 0 Å². The van der Waals surface area contributed by atoms with E-state index in [2.05, 4.69) is 17.4 Å². The summed E-state index contributed by atoms with van der Waals surface area (Å²) in [6, 6.07) is 14.3. The van der Waals surface area contributed by atoms with Crippen LogP contribution in [0.4, 0.5) is 5.69 Å². The van der Waals surface area contributed by atoms with Crippen molar-refractivity contribution in [2.24, 2.45) is 0 Å². The van der Waals surface area contributed by atoms with E-state index in [-0.39, 0.29) is 12.0 Å². The number of hydrogen-bond donors (Lipinski definition) is 3. The van der Waals surface area contributed by atoms with Crippen LogP contribution in [0.25, 0.3) is 10.8 Å². The van der Waals surface area contributed by atoms with Crippen LogP contribution < -0.4 is 5.32 Å². The molecule has 0 aliphatic carbocycles. The highest BCUT2D eigenvalue weighted by Gasteiger charge is 2.30. The summed E-state index contributed by atoms with van der Waals surface area (Å²) < 4.78 is 10.4. The Balaban J connectivity index is 1.45. The standard InChI is InChI=1S/C26H41NO5Si/c1-3-32-33(29,30)20-14-10-8-6-4-5-7-9-13-19-31-26(28)22(2)27-25-18-17-23-15-11-12-16-24(23)21-25/h11-12,15-18,21-22,27,29-30H,3-10,13-14,19-20H2,1-2H3/t22-/m1/s1. The van der Waals surface area contributed by atoms with Gasteiger partial charge in [-0.25, -0.2) is 4.79 Å². The molecule has 1 atom stereocenters. The third-order valence-corrected chi connectivity index (χ3v) is 7.51. The zero-order chi connectivity index (χ0) is 23.9. The zero-order valence-electron chi connectivity index (χ0n) is 20.2. The molecule has 6 nitrogen and oxygen atoms in total. The van der Waals surface area contributed by atoms with Gasteiger partial charge in [-0.15, -0.1) is 0 Å². The van der Waals surface area contributed by atoms with Crippen molar-refractivity contribution in [3.8, 4) is 0 Å². The Labute approximate surface area is 199 Å². The summed E-state index contributed by atoms with van der Waals surface area (Å²) in [5.74, 6) is -0.217. The van der Waals surface area contributed by atoms with Crippen LogP contribution >= 0.6 is 0 Å². The van der Waals surface area contributed by atoms with Crippen LogP contribution in [-0.4, -0.2) is 43.6 Å². The van der Waals surface area contributed by atoms with E-state index in [4.69, 9.17) is 9.16 Å². The van der Waals surface area contributed by atoms with Crippen LogP contribution in [0.1, 0.15) is 71.6 Å². The number of carbonyl (C=O) groups is 1. The molecule has 33 heavy (non-hydrogen) atoms. The smallest absolute Gasteiger partial charge is 0.464 e. The third-order valence-electron chi connectivity index (χ3n) is 5.75. The molecule has 0 saturated heterocycles. The highest BCUT2D eigenvalue weighted by atomic mass is 28.4. The Kier molecular flexibility index (Phi) is 12.5. The van der Waals surface area contributed by atoms with Gasteiger partial charge in [-0.05, 0) is 49.6 Å². The second kappa shape index (κ2) is 15.1. The molecule has 2 aromatic carbocycles. The summed E-state index contributed by atoms with van der Waals surface area (Å²) in [6.45, 7) is 4.44. The van der Waals surface area contributed by atoms with Crippen molar-refractivity contribution in [3.63, 3.8) is 0 Å². The van der Waals surface area contributed by atoms with E-state index < -0.39 is 8.80 Å². The van der Waals surface area contributed by atoms with E-state index in [1.807, 2.05) is 37.3 Å². The van der Waals surface area contributed by atoms with Crippen LogP contribution in [0.5, 0.6) is 0 Å². The van der Waals surface area contributed by atoms with Gasteiger partial charge in [-0.3, -0.25) is 0 Å². The number of fused-ring (bicyclic) bond motifs is 1. The van der Waals surface area contributed by atoms with E-state index in [0.717, 1.165) is 49.6 Å². The van der Waals surface area contributed by atoms with E-state index in [9.17, 15) is 14.4 Å². The Bertz CT molecular complexity index is 829. The van der Waals surface area contributed by atoms with Crippen molar-refractivity contribution in [3.05, 3.63) is 42.5 Å². The predicted octanol–water partition coefficient (Wildman–Crippen LogP) is 5.65. The molecule has 0 saturated carbocycles. The van der Waals surface area contributed by atoms with Gasteiger partial charge in [0.2, 0.25) is 0 Å². The van der Waals surface area contributed by atoms with Crippen LogP contribution in [0, 0.1) is 0 Å². The first kappa shape index (κ1) is 27.3. The fraction of sp³-hybridized carbons (Fsp3) is 0.577. The van der Waals surface area contributed by atoms with E-state index in [1.165, 1.54) is 24.6 Å². The SMILES string of the molecule is CCO[Si](O)(O)CCCCCCCCCCCOC(=O)[C@@H](C)Nc1ccc2ccccc2c1. The molecule has 0 amide bonds. The molecule has 0 radical (unpaired) electrons. The normalized spacial score (nSPS) is 12.6. The van der Waals surface area contributed by atoms with Gasteiger partial charge < -0.3 is 24.1 Å². The second-order valence-electron chi connectivity index (χ2n) is 8.70. The largest absolute Gasteiger partial charge is 0.495 e. The molecule has 2 aromatic rings. The first-order chi connectivity index (χ1) is 15.9. The Morgan fingerprint density at radius 3 is 2.18 bits per heavy atom. The maximum absolute atomic E-state index is 12.2. The topological polar surface area (TPSA) is 88.0 Å². The summed E-state index contributed by atoms with van der Waals surface area (Å²) in [6.07, 6.45) is 9.62. The molecule has 0 bridgehead atoms. The van der Waals surface area contributed by atoms with Crippen molar-refractivity contribution in [1.29, 1.82) is 0 Å². The lowest BCUT2D eigenvalue weighted by Crippen LogP contribution is -2.38. The van der Waals surface area contributed by atoms with Gasteiger partial charge in [-0.1, -0.05) is 75.3 Å². The molecule has 7 heteroatoms. The molecule has 0 aliphatic heterocycles. The van der Waals surface area contributed by atoms with Gasteiger partial charge in [-0.2, -0.15) is 0 Å². The number of benzene rings is 2. The molecule has 0 heterocycles. The van der Waals surface area contributed by atoms with Crippen LogP contribution in [0.3, 0.4) is 0 Å². The molecule has 2 rings (SSSR count). The minimum Gasteiger partial charge on any atom is -0.464 e. The lowest BCUT2D eigenvalue weighted by molar-refractivity contribution is -0.144. The molecular weight excluding hydrogens is 434 g/mol. The first-order valence-electron chi connectivity index (χ1n) is 12.4. The lowest BCUT2D eigenvalue weighted by atomic mass is 10.1. The summed E-state index contributed by atoms with van der Waals surface area (Å²) in [7, 11) is -3.38. The van der Waals surface area contributed by atoms with Crippen molar-refractivity contribution in [2.45, 2.75) is 83.7 Å². The van der Waals surface area contributed by atoms with E-state index >= 15 is 0 Å². The predicted molar refractivity (Wildman–Crippen MR) is 136 cm³/mol. The first-order valence-corrected chi connectivity index (χ1v) is 14.4. The fourth-order valence-corrected chi connectivity index (χ4v) is 5.20. The monoisotopic (exact) mass is 475 g/mol. The number of rotatable bonds is 17. The third kappa shape index (κ3) is 11.2. The van der Waals surface area contributed by atoms with Gasteiger partial charge in [0.1, 0.15) is 6.04 Å². The zero-order valence-corrected chi connectivity index (χ0v) is 21.2. The number of nitrogens with one attached hydrogen (secondary N) is 1. The summed E-state index contributed by atoms with van der Waals surface area (Å²) in [4.78, 5) is 31.6. The summed E-state index contributed by atoms with van der Waals surface area (Å²) in [5.41, 5.74) is 0.918. The molecular formula is C26H41NO5Si. The van der Waals surface area contributed by atoms with Gasteiger partial charge >= 0.3 is 14.8 Å². The van der Waals surface area contributed by atoms with Crippen molar-refractivity contribution in [2.75, 3.05) is 18.5 Å². The maximum Gasteiger partial charge on any atom is 0.495 e. The van der Waals surface area contributed by atoms with E-state index in [1.54, 1.807) is 6.92 Å². The highest BCUT2D eigenvalue weighted by molar-refractivity contribution is 6.57. The Morgan fingerprint density at radius 2 is 1.52 bits per heavy atom. The Hall–Kier alpha value is -1.93. The molecule has 3 N–H and O–H groups in total. The van der Waals surface area contributed by atoms with E-state index in [0.29, 0.717) is 19.3 Å². The quantitative estimate of drug-likeness (QED) is 0.156. The van der Waals surface area contributed by atoms with Crippen molar-refractivity contribution in [1.82, 2.24) is 0 Å². The van der Waals surface area contributed by atoms with Crippen molar-refractivity contribution < 1.29 is 23.5 Å². The molecule has 0 unspecified atom stereocenters. The Morgan fingerprint density at radius 1 is 0.909 bits per heavy atom. The van der Waals surface area contributed by atoms with Gasteiger partial charge in [0.25, 0.3) is 0 Å². The van der Waals surface area contributed by atoms with Crippen LogP contribution in [0.2, 0.25) is 6.04 Å². The minimum atomic E-state index is -3.38. The van der Waals surface area contributed by atoms with Gasteiger partial charge in [0.05, 0.1) is 6.61 Å². The highest BCUT2D eigenvalue weighted by Crippen LogP contribution is 2.19. The minimum absolute atomic E-state index is 0.217. The van der Waals surface area contributed by atoms with Crippen molar-refractivity contribution >= 4 is 31.2 Å². The second-order valence-corrected chi connectivity index (χ2v) is 11.0. The van der Waals surface area contributed by atoms with Crippen LogP contribution in [-0.2, 0) is 14.0 Å². The fourth-order valence-electron chi connectivity index (χ4n) is 3.88. The average molecular weight is 476 g/mol. The lowest BCUT2D eigenvalue weighted by Gasteiger charge is -2.16. The number of esters is 1. The van der Waals surface area contributed by atoms with Gasteiger partial charge in [0, 0.05) is 18.3 Å². The molecule has 0 fully saturated rings. The maximum atomic E-state index is 12.2. The molecule has 0 aliphatic rings. The average Bonchev–Trinajstić information content (AvgIpc) is 2.79. The molecule has 184 valence electrons. The number of ether oxygens (including phenoxy) is 1. The number of unbranched alkanes of at least 4 members (excludes halogenated alkanes) is 8. The summed E-state index contributed by atoms with van der Waals surface area (Å²) in [5, 5.41) is 5.55. The number of anilines is 1. The van der Waals surface area contributed by atoms with Crippen LogP contribution in [0.15, 0.2) is 42.5 Å². The number of hydrogen-bond acceptors (Lipinski definition) is 6. The molecule has 0 aromatic heterocycles. The molecule has 0 spiro atoms. The number of carbonyl (C=O) groups excluding carboxylic acids is 1. The summed E-state index contributed by atoms with van der Waals surface area (Å²) >= 11 is 0.